The van der Waals surface area contributed by atoms with Gasteiger partial charge >= 0.3 is 0 Å². The molecule has 0 radical (unpaired) electrons. The predicted molar refractivity (Wildman–Crippen MR) is 62.8 cm³/mol. The molecular formula is C10H12BrNOS. The highest BCUT2D eigenvalue weighted by Crippen LogP contribution is 2.24. The lowest BCUT2D eigenvalue weighted by Crippen LogP contribution is -2.35. The third-order valence-corrected chi connectivity index (χ3v) is 4.52. The van der Waals surface area contributed by atoms with E-state index in [-0.39, 0.29) is 5.25 Å². The molecule has 0 saturated carbocycles. The number of rotatable bonds is 1. The van der Waals surface area contributed by atoms with Crippen LogP contribution in [0.2, 0.25) is 0 Å². The first-order valence-electron chi connectivity index (χ1n) is 4.61. The average Bonchev–Trinajstić information content (AvgIpc) is 2.18. The Bertz CT molecular complexity index is 356. The van der Waals surface area contributed by atoms with E-state index in [9.17, 15) is 4.21 Å². The molecule has 1 N–H and O–H groups in total. The predicted octanol–water partition coefficient (Wildman–Crippen LogP) is 1.84. The van der Waals surface area contributed by atoms with Gasteiger partial charge in [-0.1, -0.05) is 28.1 Å². The van der Waals surface area contributed by atoms with Crippen molar-refractivity contribution in [2.24, 2.45) is 0 Å². The van der Waals surface area contributed by atoms with E-state index in [1.807, 2.05) is 18.2 Å². The largest absolute Gasteiger partial charge is 0.314 e. The fourth-order valence-electron chi connectivity index (χ4n) is 1.62. The van der Waals surface area contributed by atoms with Gasteiger partial charge in [0.1, 0.15) is 0 Å². The summed E-state index contributed by atoms with van der Waals surface area (Å²) in [5, 5.41) is 3.43. The molecule has 1 aromatic carbocycles. The van der Waals surface area contributed by atoms with Crippen LogP contribution in [0, 0.1) is 0 Å². The molecule has 2 rings (SSSR count). The molecule has 0 amide bonds. The molecule has 2 unspecified atom stereocenters. The van der Waals surface area contributed by atoms with Crippen molar-refractivity contribution in [3.8, 4) is 0 Å². The van der Waals surface area contributed by atoms with Crippen molar-refractivity contribution in [3.63, 3.8) is 0 Å². The molecule has 1 saturated heterocycles. The Balaban J connectivity index is 2.24. The third kappa shape index (κ3) is 2.24. The minimum Gasteiger partial charge on any atom is -0.314 e. The molecule has 1 aromatic rings. The van der Waals surface area contributed by atoms with Gasteiger partial charge in [0.25, 0.3) is 0 Å². The highest BCUT2D eigenvalue weighted by atomic mass is 79.9. The SMILES string of the molecule is O=S1CCNCC1c1cccc(Br)c1. The molecule has 0 aliphatic carbocycles. The van der Waals surface area contributed by atoms with E-state index in [2.05, 4.69) is 27.3 Å². The summed E-state index contributed by atoms with van der Waals surface area (Å²) < 4.78 is 12.8. The van der Waals surface area contributed by atoms with Crippen LogP contribution in [0.1, 0.15) is 10.8 Å². The molecular weight excluding hydrogens is 262 g/mol. The van der Waals surface area contributed by atoms with Crippen molar-refractivity contribution in [2.45, 2.75) is 5.25 Å². The lowest BCUT2D eigenvalue weighted by atomic mass is 10.1. The van der Waals surface area contributed by atoms with Gasteiger partial charge in [0.15, 0.2) is 0 Å². The first-order chi connectivity index (χ1) is 6.77. The zero-order chi connectivity index (χ0) is 9.97. The standard InChI is InChI=1S/C10H12BrNOS/c11-9-3-1-2-8(6-9)10-7-12-4-5-14(10)13/h1-3,6,10,12H,4-5,7H2. The molecule has 1 aliphatic rings. The number of nitrogens with one attached hydrogen (secondary N) is 1. The first kappa shape index (κ1) is 10.3. The number of hydrogen-bond donors (Lipinski definition) is 1. The normalized spacial score (nSPS) is 27.5. The molecule has 0 bridgehead atoms. The van der Waals surface area contributed by atoms with Crippen LogP contribution in [0.15, 0.2) is 28.7 Å². The highest BCUT2D eigenvalue weighted by molar-refractivity contribution is 9.10. The van der Waals surface area contributed by atoms with Gasteiger partial charge in [0.05, 0.1) is 5.25 Å². The van der Waals surface area contributed by atoms with Gasteiger partial charge < -0.3 is 5.32 Å². The Labute approximate surface area is 94.7 Å². The molecule has 1 heterocycles. The van der Waals surface area contributed by atoms with Crippen LogP contribution in [-0.4, -0.2) is 23.1 Å². The van der Waals surface area contributed by atoms with Gasteiger partial charge in [0, 0.05) is 34.1 Å². The zero-order valence-electron chi connectivity index (χ0n) is 7.70. The van der Waals surface area contributed by atoms with E-state index in [4.69, 9.17) is 0 Å². The molecule has 1 aliphatic heterocycles. The van der Waals surface area contributed by atoms with E-state index < -0.39 is 10.8 Å². The Morgan fingerprint density at radius 1 is 1.50 bits per heavy atom. The van der Waals surface area contributed by atoms with Crippen molar-refractivity contribution in [1.82, 2.24) is 5.32 Å². The van der Waals surface area contributed by atoms with E-state index in [1.165, 1.54) is 0 Å². The second kappa shape index (κ2) is 4.55. The zero-order valence-corrected chi connectivity index (χ0v) is 10.1. The maximum atomic E-state index is 11.8. The van der Waals surface area contributed by atoms with Crippen LogP contribution in [-0.2, 0) is 10.8 Å². The molecule has 4 heteroatoms. The molecule has 2 atom stereocenters. The minimum atomic E-state index is -0.721. The fourth-order valence-corrected chi connectivity index (χ4v) is 3.42. The minimum absolute atomic E-state index is 0.154. The molecule has 0 spiro atoms. The fraction of sp³-hybridized carbons (Fsp3) is 0.400. The second-order valence-corrected chi connectivity index (χ2v) is 5.99. The second-order valence-electron chi connectivity index (χ2n) is 3.33. The Kier molecular flexibility index (Phi) is 3.36. The average molecular weight is 274 g/mol. The maximum absolute atomic E-state index is 11.8. The smallest absolute Gasteiger partial charge is 0.0722 e. The van der Waals surface area contributed by atoms with Crippen LogP contribution in [0.5, 0.6) is 0 Å². The molecule has 14 heavy (non-hydrogen) atoms. The Hall–Kier alpha value is -0.190. The van der Waals surface area contributed by atoms with Crippen LogP contribution < -0.4 is 5.32 Å². The van der Waals surface area contributed by atoms with E-state index in [0.717, 1.165) is 28.9 Å². The monoisotopic (exact) mass is 273 g/mol. The molecule has 1 fully saturated rings. The summed E-state index contributed by atoms with van der Waals surface area (Å²) >= 11 is 3.43. The number of hydrogen-bond acceptors (Lipinski definition) is 2. The van der Waals surface area contributed by atoms with Crippen LogP contribution >= 0.6 is 15.9 Å². The lowest BCUT2D eigenvalue weighted by molar-refractivity contribution is 0.624. The van der Waals surface area contributed by atoms with Gasteiger partial charge in [-0.05, 0) is 17.7 Å². The van der Waals surface area contributed by atoms with Gasteiger partial charge in [-0.25, -0.2) is 0 Å². The summed E-state index contributed by atoms with van der Waals surface area (Å²) in [6.07, 6.45) is 0. The van der Waals surface area contributed by atoms with Crippen molar-refractivity contribution in [3.05, 3.63) is 34.3 Å². The van der Waals surface area contributed by atoms with Crippen LogP contribution in [0.25, 0.3) is 0 Å². The van der Waals surface area contributed by atoms with Gasteiger partial charge in [-0.2, -0.15) is 0 Å². The Morgan fingerprint density at radius 2 is 2.36 bits per heavy atom. The van der Waals surface area contributed by atoms with Crippen LogP contribution in [0.3, 0.4) is 0 Å². The molecule has 2 nitrogen and oxygen atoms in total. The summed E-state index contributed by atoms with van der Waals surface area (Å²) in [6, 6.07) is 8.07. The van der Waals surface area contributed by atoms with Crippen molar-refractivity contribution in [1.29, 1.82) is 0 Å². The van der Waals surface area contributed by atoms with Gasteiger partial charge in [-0.15, -0.1) is 0 Å². The number of halogens is 1. The topological polar surface area (TPSA) is 29.1 Å². The third-order valence-electron chi connectivity index (χ3n) is 2.35. The van der Waals surface area contributed by atoms with E-state index >= 15 is 0 Å². The van der Waals surface area contributed by atoms with E-state index in [1.54, 1.807) is 0 Å². The summed E-state index contributed by atoms with van der Waals surface area (Å²) in [6.45, 7) is 1.69. The summed E-state index contributed by atoms with van der Waals surface area (Å²) in [7, 11) is -0.721. The lowest BCUT2D eigenvalue weighted by Gasteiger charge is -2.22. The highest BCUT2D eigenvalue weighted by Gasteiger charge is 2.22. The van der Waals surface area contributed by atoms with Gasteiger partial charge in [-0.3, -0.25) is 4.21 Å². The maximum Gasteiger partial charge on any atom is 0.0722 e. The van der Waals surface area contributed by atoms with Crippen molar-refractivity contribution >= 4 is 26.7 Å². The quantitative estimate of drug-likeness (QED) is 0.846. The Morgan fingerprint density at radius 3 is 3.07 bits per heavy atom. The van der Waals surface area contributed by atoms with Crippen LogP contribution in [0.4, 0.5) is 0 Å². The number of benzene rings is 1. The summed E-state index contributed by atoms with van der Waals surface area (Å²) in [4.78, 5) is 0. The summed E-state index contributed by atoms with van der Waals surface area (Å²) in [5.74, 6) is 0.761. The van der Waals surface area contributed by atoms with E-state index in [0.29, 0.717) is 0 Å². The molecule has 76 valence electrons. The van der Waals surface area contributed by atoms with Gasteiger partial charge in [0.2, 0.25) is 0 Å². The van der Waals surface area contributed by atoms with Crippen molar-refractivity contribution in [2.75, 3.05) is 18.8 Å². The summed E-state index contributed by atoms with van der Waals surface area (Å²) in [5.41, 5.74) is 1.16. The molecule has 0 aromatic heterocycles. The first-order valence-corrected chi connectivity index (χ1v) is 6.78. The van der Waals surface area contributed by atoms with Crippen molar-refractivity contribution < 1.29 is 4.21 Å².